The van der Waals surface area contributed by atoms with Crippen LogP contribution in [0.25, 0.3) is 0 Å². The number of benzene rings is 2. The monoisotopic (exact) mass is 423 g/mol. The maximum absolute atomic E-state index is 12.5. The van der Waals surface area contributed by atoms with Gasteiger partial charge < -0.3 is 19.3 Å². The van der Waals surface area contributed by atoms with Crippen LogP contribution in [0.2, 0.25) is 0 Å². The molecule has 1 N–H and O–H groups in total. The highest BCUT2D eigenvalue weighted by Crippen LogP contribution is 2.47. The van der Waals surface area contributed by atoms with E-state index >= 15 is 0 Å². The lowest BCUT2D eigenvalue weighted by Gasteiger charge is -2.26. The molecule has 0 aliphatic carbocycles. The van der Waals surface area contributed by atoms with Crippen molar-refractivity contribution in [2.24, 2.45) is 5.92 Å². The van der Waals surface area contributed by atoms with Crippen LogP contribution < -0.4 is 14.2 Å². The minimum Gasteiger partial charge on any atom is -0.497 e. The van der Waals surface area contributed by atoms with E-state index in [9.17, 15) is 9.90 Å². The molecule has 1 fully saturated rings. The van der Waals surface area contributed by atoms with Crippen molar-refractivity contribution >= 4 is 5.97 Å². The van der Waals surface area contributed by atoms with Crippen LogP contribution in [0, 0.1) is 5.92 Å². The average Bonchev–Trinajstić information content (AvgIpc) is 3.41. The summed E-state index contributed by atoms with van der Waals surface area (Å²) in [5.74, 6) is 0.634. The number of hydrogen-bond acceptors (Lipinski definition) is 5. The first-order chi connectivity index (χ1) is 15.1. The highest BCUT2D eigenvalue weighted by atomic mass is 16.7. The van der Waals surface area contributed by atoms with Gasteiger partial charge in [0.15, 0.2) is 11.5 Å². The molecule has 2 aromatic rings. The fraction of sp³-hybridized carbons (Fsp3) is 0.400. The van der Waals surface area contributed by atoms with Crippen molar-refractivity contribution in [3.8, 4) is 17.2 Å². The van der Waals surface area contributed by atoms with Gasteiger partial charge in [0.05, 0.1) is 13.0 Å². The Balaban J connectivity index is 1.69. The zero-order valence-electron chi connectivity index (χ0n) is 18.0. The summed E-state index contributed by atoms with van der Waals surface area (Å²) < 4.78 is 16.3. The zero-order valence-corrected chi connectivity index (χ0v) is 18.0. The maximum atomic E-state index is 12.5. The number of likely N-dealkylation sites (tertiary alicyclic amines) is 1. The Morgan fingerprint density at radius 1 is 1.13 bits per heavy atom. The van der Waals surface area contributed by atoms with Crippen molar-refractivity contribution in [1.82, 2.24) is 4.90 Å². The zero-order chi connectivity index (χ0) is 21.8. The van der Waals surface area contributed by atoms with E-state index in [4.69, 9.17) is 14.2 Å². The SMILES string of the molecule is CCC/C=C/CN1CC(c2ccc3c(c2)OCO3)C(C(=O)O)C1c1ccc(OC)cc1. The molecule has 164 valence electrons. The van der Waals surface area contributed by atoms with Crippen LogP contribution in [-0.4, -0.2) is 43.0 Å². The number of hydrogen-bond donors (Lipinski definition) is 1. The highest BCUT2D eigenvalue weighted by molar-refractivity contribution is 5.74. The van der Waals surface area contributed by atoms with Crippen LogP contribution in [0.15, 0.2) is 54.6 Å². The summed E-state index contributed by atoms with van der Waals surface area (Å²) in [4.78, 5) is 14.8. The van der Waals surface area contributed by atoms with E-state index in [0.717, 1.165) is 29.7 Å². The summed E-state index contributed by atoms with van der Waals surface area (Å²) in [5, 5.41) is 10.3. The average molecular weight is 424 g/mol. The molecule has 0 saturated carbocycles. The summed E-state index contributed by atoms with van der Waals surface area (Å²) >= 11 is 0. The van der Waals surface area contributed by atoms with Crippen LogP contribution in [0.5, 0.6) is 17.2 Å². The molecule has 2 heterocycles. The van der Waals surface area contributed by atoms with E-state index in [2.05, 4.69) is 24.0 Å². The standard InChI is InChI=1S/C25H29NO5/c1-3-4-5-6-13-26-15-20(18-9-12-21-22(14-18)31-16-30-21)23(25(27)28)24(26)17-7-10-19(29-2)11-8-17/h5-12,14,20,23-24H,3-4,13,15-16H2,1-2H3,(H,27,28)/b6-5+. The molecule has 2 aliphatic heterocycles. The number of ether oxygens (including phenoxy) is 3. The van der Waals surface area contributed by atoms with Crippen LogP contribution in [-0.2, 0) is 4.79 Å². The number of nitrogens with zero attached hydrogens (tertiary/aromatic N) is 1. The molecule has 3 unspecified atom stereocenters. The predicted molar refractivity (Wildman–Crippen MR) is 118 cm³/mol. The van der Waals surface area contributed by atoms with Crippen molar-refractivity contribution < 1.29 is 24.1 Å². The van der Waals surface area contributed by atoms with Gasteiger partial charge >= 0.3 is 5.97 Å². The molecule has 0 aromatic heterocycles. The van der Waals surface area contributed by atoms with Gasteiger partial charge in [-0.15, -0.1) is 0 Å². The number of unbranched alkanes of at least 4 members (excludes halogenated alkanes) is 1. The molecule has 1 saturated heterocycles. The summed E-state index contributed by atoms with van der Waals surface area (Å²) in [6.45, 7) is 3.72. The van der Waals surface area contributed by atoms with Gasteiger partial charge in [-0.05, 0) is 41.8 Å². The van der Waals surface area contributed by atoms with E-state index < -0.39 is 11.9 Å². The molecule has 6 nitrogen and oxygen atoms in total. The number of carbonyl (C=O) groups is 1. The number of carboxylic acid groups (broad SMARTS) is 1. The van der Waals surface area contributed by atoms with E-state index in [1.165, 1.54) is 0 Å². The number of rotatable bonds is 8. The predicted octanol–water partition coefficient (Wildman–Crippen LogP) is 4.62. The number of aliphatic carboxylic acids is 1. The quantitative estimate of drug-likeness (QED) is 0.625. The van der Waals surface area contributed by atoms with E-state index in [1.807, 2.05) is 42.5 Å². The van der Waals surface area contributed by atoms with E-state index in [-0.39, 0.29) is 18.8 Å². The van der Waals surface area contributed by atoms with Gasteiger partial charge in [0, 0.05) is 25.0 Å². The van der Waals surface area contributed by atoms with Crippen molar-refractivity contribution in [2.45, 2.75) is 31.7 Å². The largest absolute Gasteiger partial charge is 0.497 e. The van der Waals surface area contributed by atoms with Crippen molar-refractivity contribution in [3.63, 3.8) is 0 Å². The Bertz CT molecular complexity index is 939. The smallest absolute Gasteiger partial charge is 0.309 e. The summed E-state index contributed by atoms with van der Waals surface area (Å²) in [6, 6.07) is 13.3. The Morgan fingerprint density at radius 2 is 1.87 bits per heavy atom. The van der Waals surface area contributed by atoms with Gasteiger partial charge in [-0.3, -0.25) is 9.69 Å². The third-order valence-electron chi connectivity index (χ3n) is 6.13. The van der Waals surface area contributed by atoms with Gasteiger partial charge in [-0.1, -0.05) is 43.7 Å². The topological polar surface area (TPSA) is 68.2 Å². The number of carboxylic acids is 1. The Labute approximate surface area is 183 Å². The van der Waals surface area contributed by atoms with Gasteiger partial charge in [-0.25, -0.2) is 0 Å². The lowest BCUT2D eigenvalue weighted by atomic mass is 9.82. The van der Waals surface area contributed by atoms with Crippen molar-refractivity contribution in [1.29, 1.82) is 0 Å². The number of methoxy groups -OCH3 is 1. The fourth-order valence-electron chi connectivity index (χ4n) is 4.59. The van der Waals surface area contributed by atoms with Crippen LogP contribution in [0.1, 0.15) is 42.9 Å². The molecule has 2 aliphatic rings. The second-order valence-corrected chi connectivity index (χ2v) is 8.02. The van der Waals surface area contributed by atoms with Crippen LogP contribution >= 0.6 is 0 Å². The highest BCUT2D eigenvalue weighted by Gasteiger charge is 2.47. The first-order valence-electron chi connectivity index (χ1n) is 10.8. The second-order valence-electron chi connectivity index (χ2n) is 8.02. The molecule has 6 heteroatoms. The van der Waals surface area contributed by atoms with Crippen LogP contribution in [0.3, 0.4) is 0 Å². The normalized spacial score (nSPS) is 22.8. The third-order valence-corrected chi connectivity index (χ3v) is 6.13. The Morgan fingerprint density at radius 3 is 2.58 bits per heavy atom. The second kappa shape index (κ2) is 9.43. The van der Waals surface area contributed by atoms with E-state index in [0.29, 0.717) is 24.6 Å². The van der Waals surface area contributed by atoms with Crippen molar-refractivity contribution in [2.75, 3.05) is 27.0 Å². The first kappa shape index (κ1) is 21.2. The fourth-order valence-corrected chi connectivity index (χ4v) is 4.59. The molecule has 0 bridgehead atoms. The molecule has 2 aromatic carbocycles. The third kappa shape index (κ3) is 4.39. The minimum atomic E-state index is -0.788. The van der Waals surface area contributed by atoms with Gasteiger partial charge in [0.1, 0.15) is 5.75 Å². The van der Waals surface area contributed by atoms with E-state index in [1.54, 1.807) is 7.11 Å². The Hall–Kier alpha value is -2.99. The Kier molecular flexibility index (Phi) is 6.47. The molecule has 0 amide bonds. The molecule has 31 heavy (non-hydrogen) atoms. The van der Waals surface area contributed by atoms with Crippen molar-refractivity contribution in [3.05, 3.63) is 65.7 Å². The molecule has 4 rings (SSSR count). The molecular weight excluding hydrogens is 394 g/mol. The minimum absolute atomic E-state index is 0.154. The maximum Gasteiger partial charge on any atom is 0.309 e. The lowest BCUT2D eigenvalue weighted by Crippen LogP contribution is -2.29. The summed E-state index contributed by atoms with van der Waals surface area (Å²) in [5.41, 5.74) is 1.95. The number of allylic oxidation sites excluding steroid dienone is 1. The summed E-state index contributed by atoms with van der Waals surface area (Å²) in [7, 11) is 1.63. The van der Waals surface area contributed by atoms with Gasteiger partial charge in [0.2, 0.25) is 6.79 Å². The molecular formula is C25H29NO5. The summed E-state index contributed by atoms with van der Waals surface area (Å²) in [6.07, 6.45) is 6.45. The first-order valence-corrected chi connectivity index (χ1v) is 10.8. The molecule has 0 spiro atoms. The van der Waals surface area contributed by atoms with Gasteiger partial charge in [-0.2, -0.15) is 0 Å². The van der Waals surface area contributed by atoms with Crippen LogP contribution in [0.4, 0.5) is 0 Å². The lowest BCUT2D eigenvalue weighted by molar-refractivity contribution is -0.143. The molecule has 3 atom stereocenters. The number of fused-ring (bicyclic) bond motifs is 1. The molecule has 0 radical (unpaired) electrons. The van der Waals surface area contributed by atoms with Gasteiger partial charge in [0.25, 0.3) is 0 Å².